The number of nitrogens with zero attached hydrogens (tertiary/aromatic N) is 4. The van der Waals surface area contributed by atoms with Crippen LogP contribution in [0.15, 0.2) is 80.5 Å². The zero-order valence-corrected chi connectivity index (χ0v) is 37.8. The minimum absolute atomic E-state index is 0.0319. The number of benzene rings is 1. The van der Waals surface area contributed by atoms with Crippen molar-refractivity contribution in [3.8, 4) is 17.2 Å². The second-order valence-corrected chi connectivity index (χ2v) is 18.9. The quantitative estimate of drug-likeness (QED) is 0.148. The Morgan fingerprint density at radius 3 is 1.97 bits per heavy atom. The van der Waals surface area contributed by atoms with Gasteiger partial charge in [0.25, 0.3) is 0 Å². The number of likely N-dealkylation sites (N-methyl/N-ethyl adjacent to an activating group) is 1. The van der Waals surface area contributed by atoms with E-state index in [0.29, 0.717) is 43.7 Å². The largest absolute Gasteiger partial charge is 0.489 e. The maximum atomic E-state index is 12.6. The first-order chi connectivity index (χ1) is 27.9. The molecule has 4 aromatic heterocycles. The number of aromatic nitrogens is 3. The topological polar surface area (TPSA) is 153 Å². The van der Waals surface area contributed by atoms with Gasteiger partial charge in [-0.2, -0.15) is 0 Å². The van der Waals surface area contributed by atoms with Gasteiger partial charge >= 0.3 is 0 Å². The van der Waals surface area contributed by atoms with Gasteiger partial charge in [-0.25, -0.2) is 15.0 Å². The number of anilines is 3. The number of hydrogen-bond acceptors (Lipinski definition) is 11. The number of hydrogen-bond donors (Lipinski definition) is 3. The molecule has 0 saturated heterocycles. The van der Waals surface area contributed by atoms with Gasteiger partial charge < -0.3 is 39.5 Å². The minimum atomic E-state index is -0.535. The predicted molar refractivity (Wildman–Crippen MR) is 238 cm³/mol. The van der Waals surface area contributed by atoms with E-state index in [1.165, 1.54) is 0 Å². The average molecular weight is 934 g/mol. The van der Waals surface area contributed by atoms with Gasteiger partial charge in [0.1, 0.15) is 18.0 Å². The highest BCUT2D eigenvalue weighted by molar-refractivity contribution is 9.10. The Hall–Kier alpha value is -5.15. The van der Waals surface area contributed by atoms with Gasteiger partial charge in [-0.05, 0) is 88.5 Å². The summed E-state index contributed by atoms with van der Waals surface area (Å²) in [6, 6.07) is 13.5. The Morgan fingerprint density at radius 2 is 1.34 bits per heavy atom. The van der Waals surface area contributed by atoms with Crippen LogP contribution in [-0.4, -0.2) is 71.6 Å². The lowest BCUT2D eigenvalue weighted by Crippen LogP contribution is -2.33. The summed E-state index contributed by atoms with van der Waals surface area (Å²) in [6.07, 6.45) is 8.45. The third kappa shape index (κ3) is 11.3. The van der Waals surface area contributed by atoms with Crippen LogP contribution in [0, 0.1) is 23.2 Å². The van der Waals surface area contributed by atoms with Crippen LogP contribution in [0.5, 0.6) is 17.2 Å². The van der Waals surface area contributed by atoms with Gasteiger partial charge in [-0.1, -0.05) is 45.9 Å². The fourth-order valence-corrected chi connectivity index (χ4v) is 6.56. The molecule has 0 spiro atoms. The molecule has 59 heavy (non-hydrogen) atoms. The molecular formula is C44H51Br2N7O6. The number of halogens is 2. The number of para-hydroxylation sites is 1. The molecule has 2 amide bonds. The maximum Gasteiger partial charge on any atom is 0.246 e. The number of carbonyl (C=O) groups is 2. The van der Waals surface area contributed by atoms with Crippen LogP contribution in [0.1, 0.15) is 58.4 Å². The van der Waals surface area contributed by atoms with E-state index in [9.17, 15) is 9.59 Å². The summed E-state index contributed by atoms with van der Waals surface area (Å²) in [5.74, 6) is 4.80. The van der Waals surface area contributed by atoms with Crippen molar-refractivity contribution in [3.63, 3.8) is 0 Å². The van der Waals surface area contributed by atoms with Crippen LogP contribution in [0.25, 0.3) is 17.0 Å². The summed E-state index contributed by atoms with van der Waals surface area (Å²) in [7, 11) is 1.77. The van der Waals surface area contributed by atoms with Crippen molar-refractivity contribution in [3.05, 3.63) is 93.0 Å². The second-order valence-electron chi connectivity index (χ2n) is 17.0. The lowest BCUT2D eigenvalue weighted by Gasteiger charge is -2.20. The molecule has 15 heteroatoms. The van der Waals surface area contributed by atoms with Crippen LogP contribution in [0.4, 0.5) is 17.5 Å². The molecule has 0 unspecified atom stereocenters. The lowest BCUT2D eigenvalue weighted by atomic mass is 9.94. The first-order valence-electron chi connectivity index (χ1n) is 19.3. The highest BCUT2D eigenvalue weighted by Gasteiger charge is 2.33. The van der Waals surface area contributed by atoms with Gasteiger partial charge in [-0.3, -0.25) is 9.59 Å². The van der Waals surface area contributed by atoms with Gasteiger partial charge in [0, 0.05) is 75.5 Å². The molecule has 3 aliphatic rings. The number of nitrogens with one attached hydrogen (secondary N) is 3. The summed E-state index contributed by atoms with van der Waals surface area (Å²) >= 11 is 6.68. The fraction of sp³-hybridized carbons (Fsp3) is 0.386. The Bertz CT molecular complexity index is 2360. The minimum Gasteiger partial charge on any atom is -0.489 e. The Kier molecular flexibility index (Phi) is 13.2. The smallest absolute Gasteiger partial charge is 0.246 e. The van der Waals surface area contributed by atoms with E-state index >= 15 is 0 Å². The number of rotatable bonds is 4. The number of carbonyl (C=O) groups excluding carboxylic acids is 2. The maximum absolute atomic E-state index is 12.6. The number of furan rings is 1. The zero-order valence-electron chi connectivity index (χ0n) is 34.7. The van der Waals surface area contributed by atoms with Crippen molar-refractivity contribution in [1.82, 2.24) is 19.9 Å². The highest BCUT2D eigenvalue weighted by Crippen LogP contribution is 2.34. The number of fused-ring (bicyclic) bond motifs is 4. The lowest BCUT2D eigenvalue weighted by molar-refractivity contribution is -0.125. The van der Waals surface area contributed by atoms with E-state index in [1.807, 2.05) is 57.2 Å². The van der Waals surface area contributed by atoms with E-state index < -0.39 is 5.41 Å². The predicted octanol–water partition coefficient (Wildman–Crippen LogP) is 9.51. The van der Waals surface area contributed by atoms with Crippen LogP contribution < -0.4 is 30.2 Å². The van der Waals surface area contributed by atoms with Crippen LogP contribution >= 0.6 is 31.9 Å². The van der Waals surface area contributed by atoms with Crippen molar-refractivity contribution in [1.29, 1.82) is 0 Å². The second kappa shape index (κ2) is 18.0. The van der Waals surface area contributed by atoms with E-state index in [0.717, 1.165) is 67.3 Å². The van der Waals surface area contributed by atoms with Gasteiger partial charge in [0.15, 0.2) is 34.7 Å². The monoisotopic (exact) mass is 931 g/mol. The van der Waals surface area contributed by atoms with Crippen molar-refractivity contribution >= 4 is 78.2 Å². The molecule has 0 bridgehead atoms. The van der Waals surface area contributed by atoms with E-state index in [1.54, 1.807) is 48.8 Å². The third-order valence-corrected chi connectivity index (χ3v) is 10.6. The first kappa shape index (κ1) is 43.4. The molecule has 8 rings (SSSR count). The third-order valence-electron chi connectivity index (χ3n) is 9.77. The summed E-state index contributed by atoms with van der Waals surface area (Å²) in [5.41, 5.74) is 2.37. The molecule has 7 heterocycles. The van der Waals surface area contributed by atoms with Crippen molar-refractivity contribution in [2.75, 3.05) is 55.9 Å². The van der Waals surface area contributed by atoms with Crippen LogP contribution in [0.3, 0.4) is 0 Å². The van der Waals surface area contributed by atoms with E-state index in [-0.39, 0.29) is 22.6 Å². The molecule has 0 atom stereocenters. The summed E-state index contributed by atoms with van der Waals surface area (Å²) in [5, 5.41) is 10.4. The summed E-state index contributed by atoms with van der Waals surface area (Å²) in [4.78, 5) is 38.8. The zero-order chi connectivity index (χ0) is 42.5. The first-order valence-corrected chi connectivity index (χ1v) is 20.9. The van der Waals surface area contributed by atoms with E-state index in [4.69, 9.17) is 18.6 Å². The van der Waals surface area contributed by atoms with Crippen molar-refractivity contribution < 1.29 is 28.2 Å². The fourth-order valence-electron chi connectivity index (χ4n) is 5.94. The van der Waals surface area contributed by atoms with Gasteiger partial charge in [-0.15, -0.1) is 0 Å². The molecular weight excluding hydrogens is 882 g/mol. The molecule has 0 fully saturated rings. The van der Waals surface area contributed by atoms with Gasteiger partial charge in [0.2, 0.25) is 11.8 Å². The van der Waals surface area contributed by atoms with Crippen LogP contribution in [0.2, 0.25) is 0 Å². The molecule has 1 aromatic carbocycles. The Morgan fingerprint density at radius 1 is 0.797 bits per heavy atom. The highest BCUT2D eigenvalue weighted by atomic mass is 79.9. The number of ether oxygens (including phenoxy) is 3. The normalized spacial score (nSPS) is 16.9. The van der Waals surface area contributed by atoms with Crippen LogP contribution in [-0.2, 0) is 16.1 Å². The summed E-state index contributed by atoms with van der Waals surface area (Å²) < 4.78 is 24.8. The Labute approximate surface area is 362 Å². The van der Waals surface area contributed by atoms with Gasteiger partial charge in [0.05, 0.1) is 25.2 Å². The molecule has 5 aromatic rings. The number of aryl methyl sites for hydroxylation is 1. The summed E-state index contributed by atoms with van der Waals surface area (Å²) in [6.45, 7) is 18.1. The standard InChI is InChI=1S/C24H27N3O3.C10H11BrN2O2.C10H13BrN2O/c1-16-18-7-5-6-8-19(18)30-21(16)13-27(4)22(28)10-9-17-11-20-23(25-12-17)26-14-24(2,3)15-29-20;1-10(2)5-15-7-3-6(11)4-12-8(7)13-9(10)14;1-10(2)5-13-9-8(14-6-10)3-7(11)4-12-9/h5-12H,13-15H2,1-4H3,(H,25,26);3-4H,5H2,1-2H3,(H,12,13,14);3-4H,5-6H2,1-2H3,(H,12,13)/b10-9+;;. The molecule has 0 aliphatic carbocycles. The van der Waals surface area contributed by atoms with Crippen molar-refractivity contribution in [2.24, 2.45) is 16.2 Å². The molecule has 312 valence electrons. The SMILES string of the molecule is CC1(C)CNc2ncc(Br)cc2OC1.CC1(C)COc2cc(Br)cnc2NC1=O.Cc1c(CN(C)C(=O)/C=C/c2cnc3c(c2)OCC(C)(C)CN3)oc2ccccc12. The van der Waals surface area contributed by atoms with Crippen molar-refractivity contribution in [2.45, 2.75) is 55.0 Å². The molecule has 0 saturated carbocycles. The Balaban J connectivity index is 0.000000168. The average Bonchev–Trinajstić information content (AvgIpc) is 3.27. The molecule has 3 aliphatic heterocycles. The number of pyridine rings is 3. The number of amides is 2. The van der Waals surface area contributed by atoms with E-state index in [2.05, 4.69) is 90.5 Å². The molecule has 0 radical (unpaired) electrons. The molecule has 3 N–H and O–H groups in total. The molecule has 13 nitrogen and oxygen atoms in total.